The summed E-state index contributed by atoms with van der Waals surface area (Å²) in [4.78, 5) is 4.83. The summed E-state index contributed by atoms with van der Waals surface area (Å²) >= 11 is 0. The SMILES string of the molecule is C=CCN(CCCCC)c1ccc(-c2ccc(N(CC=C)CCCCC)cc2)cc1. The molecule has 2 aromatic rings. The predicted octanol–water partition coefficient (Wildman–Crippen LogP) is 7.72. The van der Waals surface area contributed by atoms with E-state index in [4.69, 9.17) is 0 Å². The van der Waals surface area contributed by atoms with Crippen LogP contribution in [-0.2, 0) is 0 Å². The molecule has 0 amide bonds. The number of rotatable bonds is 15. The van der Waals surface area contributed by atoms with Crippen LogP contribution < -0.4 is 9.80 Å². The van der Waals surface area contributed by atoms with Gasteiger partial charge in [0.1, 0.15) is 0 Å². The molecule has 0 aliphatic heterocycles. The first-order chi connectivity index (χ1) is 14.7. The fourth-order valence-electron chi connectivity index (χ4n) is 3.80. The van der Waals surface area contributed by atoms with E-state index in [1.807, 2.05) is 12.2 Å². The molecule has 0 N–H and O–H groups in total. The van der Waals surface area contributed by atoms with E-state index in [-0.39, 0.29) is 0 Å². The smallest absolute Gasteiger partial charge is 0.0369 e. The molecule has 2 heteroatoms. The lowest BCUT2D eigenvalue weighted by atomic mass is 10.0. The van der Waals surface area contributed by atoms with Crippen molar-refractivity contribution in [3.63, 3.8) is 0 Å². The average molecular weight is 405 g/mol. The van der Waals surface area contributed by atoms with Gasteiger partial charge < -0.3 is 9.80 Å². The standard InChI is InChI=1S/C28H40N2/c1-5-9-11-23-29(21-7-3)27-17-13-25(14-18-27)26-15-19-28(20-16-26)30(22-8-4)24-12-10-6-2/h7-8,13-20H,3-6,9-12,21-24H2,1-2H3. The number of anilines is 2. The van der Waals surface area contributed by atoms with E-state index in [9.17, 15) is 0 Å². The lowest BCUT2D eigenvalue weighted by molar-refractivity contribution is 0.693. The molecule has 0 aliphatic rings. The summed E-state index contributed by atoms with van der Waals surface area (Å²) in [5, 5.41) is 0. The highest BCUT2D eigenvalue weighted by Crippen LogP contribution is 2.26. The summed E-state index contributed by atoms with van der Waals surface area (Å²) in [6.45, 7) is 16.3. The van der Waals surface area contributed by atoms with Crippen molar-refractivity contribution in [2.24, 2.45) is 0 Å². The topological polar surface area (TPSA) is 6.48 Å². The quantitative estimate of drug-likeness (QED) is 0.221. The molecule has 0 unspecified atom stereocenters. The van der Waals surface area contributed by atoms with Crippen molar-refractivity contribution in [1.82, 2.24) is 0 Å². The van der Waals surface area contributed by atoms with E-state index in [2.05, 4.69) is 85.3 Å². The fraction of sp³-hybridized carbons (Fsp3) is 0.429. The predicted molar refractivity (Wildman–Crippen MR) is 136 cm³/mol. The lowest BCUT2D eigenvalue weighted by Gasteiger charge is -2.24. The first kappa shape index (κ1) is 23.8. The molecule has 0 saturated carbocycles. The van der Waals surface area contributed by atoms with E-state index in [1.165, 1.54) is 61.0 Å². The summed E-state index contributed by atoms with van der Waals surface area (Å²) in [7, 11) is 0. The summed E-state index contributed by atoms with van der Waals surface area (Å²) in [5.74, 6) is 0. The van der Waals surface area contributed by atoms with E-state index in [0.717, 1.165) is 26.2 Å². The second-order valence-corrected chi connectivity index (χ2v) is 7.98. The number of benzene rings is 2. The Kier molecular flexibility index (Phi) is 10.9. The van der Waals surface area contributed by atoms with Gasteiger partial charge in [0.05, 0.1) is 0 Å². The molecule has 0 fully saturated rings. The van der Waals surface area contributed by atoms with Crippen LogP contribution >= 0.6 is 0 Å². The van der Waals surface area contributed by atoms with Crippen molar-refractivity contribution in [1.29, 1.82) is 0 Å². The van der Waals surface area contributed by atoms with Crippen LogP contribution in [0.1, 0.15) is 52.4 Å². The van der Waals surface area contributed by atoms with Crippen molar-refractivity contribution in [2.75, 3.05) is 36.0 Å². The van der Waals surface area contributed by atoms with Crippen LogP contribution in [0.3, 0.4) is 0 Å². The molecular weight excluding hydrogens is 364 g/mol. The Balaban J connectivity index is 2.08. The highest BCUT2D eigenvalue weighted by Gasteiger charge is 2.07. The molecule has 0 heterocycles. The van der Waals surface area contributed by atoms with Crippen molar-refractivity contribution >= 4 is 11.4 Å². The van der Waals surface area contributed by atoms with Gasteiger partial charge in [0.2, 0.25) is 0 Å². The maximum atomic E-state index is 3.93. The molecule has 0 saturated heterocycles. The van der Waals surface area contributed by atoms with Crippen molar-refractivity contribution in [3.05, 3.63) is 73.8 Å². The molecule has 0 atom stereocenters. The highest BCUT2D eigenvalue weighted by molar-refractivity contribution is 5.68. The third-order valence-corrected chi connectivity index (χ3v) is 5.56. The van der Waals surface area contributed by atoms with Gasteiger partial charge in [-0.2, -0.15) is 0 Å². The third-order valence-electron chi connectivity index (χ3n) is 5.56. The fourth-order valence-corrected chi connectivity index (χ4v) is 3.80. The number of hydrogen-bond acceptors (Lipinski definition) is 2. The Morgan fingerprint density at radius 1 is 0.600 bits per heavy atom. The van der Waals surface area contributed by atoms with Crippen LogP contribution in [0, 0.1) is 0 Å². The lowest BCUT2D eigenvalue weighted by Crippen LogP contribution is -2.24. The van der Waals surface area contributed by atoms with Crippen LogP contribution in [-0.4, -0.2) is 26.2 Å². The van der Waals surface area contributed by atoms with Crippen molar-refractivity contribution < 1.29 is 0 Å². The van der Waals surface area contributed by atoms with E-state index in [1.54, 1.807) is 0 Å². The van der Waals surface area contributed by atoms with Crippen molar-refractivity contribution in [2.45, 2.75) is 52.4 Å². The Labute approximate surface area is 184 Å². The Bertz CT molecular complexity index is 665. The van der Waals surface area contributed by atoms with Gasteiger partial charge in [-0.25, -0.2) is 0 Å². The molecule has 0 aliphatic carbocycles. The van der Waals surface area contributed by atoms with E-state index >= 15 is 0 Å². The van der Waals surface area contributed by atoms with Gasteiger partial charge in [-0.1, -0.05) is 75.9 Å². The normalized spacial score (nSPS) is 10.6. The maximum Gasteiger partial charge on any atom is 0.0369 e. The van der Waals surface area contributed by atoms with Crippen molar-refractivity contribution in [3.8, 4) is 11.1 Å². The first-order valence-electron chi connectivity index (χ1n) is 11.7. The molecule has 0 bridgehead atoms. The zero-order valence-electron chi connectivity index (χ0n) is 19.2. The Hall–Kier alpha value is -2.48. The van der Waals surface area contributed by atoms with Gasteiger partial charge in [-0.15, -0.1) is 13.2 Å². The monoisotopic (exact) mass is 404 g/mol. The molecule has 0 radical (unpaired) electrons. The van der Waals surface area contributed by atoms with Crippen LogP contribution in [0.2, 0.25) is 0 Å². The minimum atomic E-state index is 0.898. The zero-order valence-corrected chi connectivity index (χ0v) is 19.2. The zero-order chi connectivity index (χ0) is 21.6. The summed E-state index contributed by atoms with van der Waals surface area (Å²) < 4.78 is 0. The summed E-state index contributed by atoms with van der Waals surface area (Å²) in [5.41, 5.74) is 5.08. The second-order valence-electron chi connectivity index (χ2n) is 7.98. The number of nitrogens with zero attached hydrogens (tertiary/aromatic N) is 2. The number of hydrogen-bond donors (Lipinski definition) is 0. The van der Waals surface area contributed by atoms with Gasteiger partial charge in [-0.05, 0) is 48.2 Å². The van der Waals surface area contributed by atoms with Crippen LogP contribution in [0.4, 0.5) is 11.4 Å². The Morgan fingerprint density at radius 2 is 0.967 bits per heavy atom. The molecule has 2 rings (SSSR count). The van der Waals surface area contributed by atoms with Gasteiger partial charge in [0, 0.05) is 37.6 Å². The molecule has 162 valence electrons. The van der Waals surface area contributed by atoms with Gasteiger partial charge >= 0.3 is 0 Å². The third kappa shape index (κ3) is 7.40. The van der Waals surface area contributed by atoms with Crippen LogP contribution in [0.5, 0.6) is 0 Å². The summed E-state index contributed by atoms with van der Waals surface area (Å²) in [6, 6.07) is 17.9. The highest BCUT2D eigenvalue weighted by atomic mass is 15.1. The van der Waals surface area contributed by atoms with Crippen LogP contribution in [0.25, 0.3) is 11.1 Å². The second kappa shape index (κ2) is 13.7. The molecular formula is C28H40N2. The first-order valence-corrected chi connectivity index (χ1v) is 11.7. The van der Waals surface area contributed by atoms with Crippen LogP contribution in [0.15, 0.2) is 73.8 Å². The molecule has 30 heavy (non-hydrogen) atoms. The van der Waals surface area contributed by atoms with Gasteiger partial charge in [0.15, 0.2) is 0 Å². The van der Waals surface area contributed by atoms with E-state index in [0.29, 0.717) is 0 Å². The van der Waals surface area contributed by atoms with E-state index < -0.39 is 0 Å². The van der Waals surface area contributed by atoms with Gasteiger partial charge in [0.25, 0.3) is 0 Å². The summed E-state index contributed by atoms with van der Waals surface area (Å²) in [6.07, 6.45) is 11.5. The van der Waals surface area contributed by atoms with Gasteiger partial charge in [-0.3, -0.25) is 0 Å². The molecule has 2 aromatic carbocycles. The minimum Gasteiger partial charge on any atom is -0.368 e. The Morgan fingerprint density at radius 3 is 1.27 bits per heavy atom. The number of unbranched alkanes of at least 4 members (excludes halogenated alkanes) is 4. The molecule has 0 aromatic heterocycles. The average Bonchev–Trinajstić information content (AvgIpc) is 2.78. The largest absolute Gasteiger partial charge is 0.368 e. The minimum absolute atomic E-state index is 0.898. The molecule has 0 spiro atoms. The maximum absolute atomic E-state index is 3.93. The molecule has 2 nitrogen and oxygen atoms in total.